The van der Waals surface area contributed by atoms with E-state index in [1.54, 1.807) is 9.80 Å². The number of anilines is 1. The fourth-order valence-electron chi connectivity index (χ4n) is 4.22. The topological polar surface area (TPSA) is 71.6 Å². The molecule has 0 unspecified atom stereocenters. The summed E-state index contributed by atoms with van der Waals surface area (Å²) in [5.41, 5.74) is 0.990. The first-order valence-corrected chi connectivity index (χ1v) is 10.00. The number of nitrogens with zero attached hydrogens (tertiary/aromatic N) is 4. The van der Waals surface area contributed by atoms with Gasteiger partial charge in [-0.05, 0) is 45.9 Å². The Balaban J connectivity index is 1.78. The van der Waals surface area contributed by atoms with Crippen molar-refractivity contribution in [2.24, 2.45) is 0 Å². The quantitative estimate of drug-likeness (QED) is 0.518. The second-order valence-corrected chi connectivity index (χ2v) is 7.99. The molecule has 0 bridgehead atoms. The number of hydrogen-bond acceptors (Lipinski definition) is 4. The average Bonchev–Trinajstić information content (AvgIpc) is 3.00. The Morgan fingerprint density at radius 2 is 1.71 bits per heavy atom. The molecule has 7 nitrogen and oxygen atoms in total. The lowest BCUT2D eigenvalue weighted by Crippen LogP contribution is -2.49. The van der Waals surface area contributed by atoms with Crippen LogP contribution >= 0.6 is 0 Å². The zero-order valence-corrected chi connectivity index (χ0v) is 17.9. The second kappa shape index (κ2) is 8.24. The van der Waals surface area contributed by atoms with Gasteiger partial charge in [-0.25, -0.2) is 0 Å². The lowest BCUT2D eigenvalue weighted by atomic mass is 10.1. The van der Waals surface area contributed by atoms with E-state index < -0.39 is 22.4 Å². The van der Waals surface area contributed by atoms with Crippen LogP contribution in [0.15, 0.2) is 24.3 Å². The number of halogens is 3. The van der Waals surface area contributed by atoms with Gasteiger partial charge in [0.1, 0.15) is 5.69 Å². The van der Waals surface area contributed by atoms with Gasteiger partial charge in [-0.3, -0.25) is 14.9 Å². The molecule has 1 aliphatic rings. The molecule has 0 radical (unpaired) electrons. The number of piperazine rings is 1. The number of nitro benzene ring substituents is 1. The normalized spacial score (nSPS) is 15.0. The smallest absolute Gasteiger partial charge is 0.362 e. The second-order valence-electron chi connectivity index (χ2n) is 7.99. The van der Waals surface area contributed by atoms with Crippen LogP contribution in [-0.4, -0.2) is 46.5 Å². The number of rotatable bonds is 4. The van der Waals surface area contributed by atoms with E-state index in [0.717, 1.165) is 23.5 Å². The molecule has 1 fully saturated rings. The summed E-state index contributed by atoms with van der Waals surface area (Å²) < 4.78 is 40.9. The van der Waals surface area contributed by atoms with Crippen molar-refractivity contribution < 1.29 is 22.9 Å². The number of carbonyl (C=O) groups excluding carboxylic acids is 1. The number of hydrogen-bond donors (Lipinski definition) is 0. The van der Waals surface area contributed by atoms with E-state index in [1.807, 2.05) is 33.8 Å². The standard InChI is InChI=1S/C21H25F3N4O3/c1-13(2)27-14(3)11-17(15(27)4)20(29)26-9-7-25(8-10-26)18-6-5-16(21(22,23)24)12-19(18)28(30)31/h5-6,11-13H,7-10H2,1-4H3. The van der Waals surface area contributed by atoms with Crippen LogP contribution in [0.1, 0.15) is 47.2 Å². The minimum Gasteiger partial charge on any atom is -0.362 e. The number of benzene rings is 1. The molecule has 1 aromatic heterocycles. The van der Waals surface area contributed by atoms with E-state index in [4.69, 9.17) is 0 Å². The van der Waals surface area contributed by atoms with Crippen LogP contribution in [0.3, 0.4) is 0 Å². The Kier molecular flexibility index (Phi) is 6.02. The maximum Gasteiger partial charge on any atom is 0.416 e. The molecule has 0 atom stereocenters. The zero-order valence-electron chi connectivity index (χ0n) is 17.9. The Bertz CT molecular complexity index is 1010. The van der Waals surface area contributed by atoms with Crippen LogP contribution in [0.4, 0.5) is 24.5 Å². The highest BCUT2D eigenvalue weighted by Crippen LogP contribution is 2.37. The third kappa shape index (κ3) is 4.38. The van der Waals surface area contributed by atoms with E-state index in [-0.39, 0.29) is 17.6 Å². The van der Waals surface area contributed by atoms with Crippen molar-refractivity contribution in [3.63, 3.8) is 0 Å². The van der Waals surface area contributed by atoms with Gasteiger partial charge in [0.05, 0.1) is 16.1 Å². The number of amides is 1. The summed E-state index contributed by atoms with van der Waals surface area (Å²) in [6.07, 6.45) is -4.66. The predicted molar refractivity (Wildman–Crippen MR) is 111 cm³/mol. The first kappa shape index (κ1) is 22.6. The third-order valence-corrected chi connectivity index (χ3v) is 5.64. The molecule has 3 rings (SSSR count). The molecule has 0 N–H and O–H groups in total. The Morgan fingerprint density at radius 1 is 1.10 bits per heavy atom. The molecule has 2 heterocycles. The summed E-state index contributed by atoms with van der Waals surface area (Å²) in [5.74, 6) is -0.110. The predicted octanol–water partition coefficient (Wildman–Crippen LogP) is 4.58. The summed E-state index contributed by atoms with van der Waals surface area (Å²) in [6, 6.07) is 4.63. The van der Waals surface area contributed by atoms with Crippen LogP contribution < -0.4 is 4.90 Å². The molecule has 0 aliphatic carbocycles. The summed E-state index contributed by atoms with van der Waals surface area (Å²) >= 11 is 0. The van der Waals surface area contributed by atoms with Gasteiger partial charge in [0, 0.05) is 49.7 Å². The highest BCUT2D eigenvalue weighted by molar-refractivity contribution is 5.96. The van der Waals surface area contributed by atoms with Gasteiger partial charge in [-0.1, -0.05) is 0 Å². The van der Waals surface area contributed by atoms with Crippen LogP contribution in [0, 0.1) is 24.0 Å². The van der Waals surface area contributed by atoms with Crippen LogP contribution in [0.5, 0.6) is 0 Å². The molecule has 10 heteroatoms. The molecule has 1 aliphatic heterocycles. The van der Waals surface area contributed by atoms with Crippen molar-refractivity contribution in [2.75, 3.05) is 31.1 Å². The Morgan fingerprint density at radius 3 is 2.19 bits per heavy atom. The van der Waals surface area contributed by atoms with Gasteiger partial charge in [-0.15, -0.1) is 0 Å². The summed E-state index contributed by atoms with van der Waals surface area (Å²) in [5, 5.41) is 11.4. The van der Waals surface area contributed by atoms with Crippen LogP contribution in [-0.2, 0) is 6.18 Å². The first-order chi connectivity index (χ1) is 14.4. The van der Waals surface area contributed by atoms with Crippen LogP contribution in [0.25, 0.3) is 0 Å². The van der Waals surface area contributed by atoms with Crippen molar-refractivity contribution in [1.82, 2.24) is 9.47 Å². The van der Waals surface area contributed by atoms with E-state index in [1.165, 1.54) is 0 Å². The van der Waals surface area contributed by atoms with E-state index in [0.29, 0.717) is 37.8 Å². The summed E-state index contributed by atoms with van der Waals surface area (Å²) in [4.78, 5) is 26.9. The SMILES string of the molecule is Cc1cc(C(=O)N2CCN(c3ccc(C(F)(F)F)cc3[N+](=O)[O-])CC2)c(C)n1C(C)C. The van der Waals surface area contributed by atoms with Gasteiger partial charge in [0.25, 0.3) is 11.6 Å². The van der Waals surface area contributed by atoms with Crippen molar-refractivity contribution in [2.45, 2.75) is 39.9 Å². The maximum atomic E-state index is 13.0. The molecule has 0 spiro atoms. The Hall–Kier alpha value is -3.04. The lowest BCUT2D eigenvalue weighted by molar-refractivity contribution is -0.384. The van der Waals surface area contributed by atoms with Crippen molar-refractivity contribution in [3.8, 4) is 0 Å². The fourth-order valence-corrected chi connectivity index (χ4v) is 4.22. The van der Waals surface area contributed by atoms with Crippen molar-refractivity contribution >= 4 is 17.3 Å². The van der Waals surface area contributed by atoms with Gasteiger partial charge in [-0.2, -0.15) is 13.2 Å². The highest BCUT2D eigenvalue weighted by Gasteiger charge is 2.34. The van der Waals surface area contributed by atoms with Gasteiger partial charge >= 0.3 is 6.18 Å². The molecule has 1 saturated heterocycles. The van der Waals surface area contributed by atoms with Gasteiger partial charge in [0.15, 0.2) is 0 Å². The molecule has 1 amide bonds. The largest absolute Gasteiger partial charge is 0.416 e. The van der Waals surface area contributed by atoms with E-state index >= 15 is 0 Å². The fraction of sp³-hybridized carbons (Fsp3) is 0.476. The number of nitro groups is 1. The minimum absolute atomic E-state index is 0.110. The number of aromatic nitrogens is 1. The first-order valence-electron chi connectivity index (χ1n) is 10.00. The highest BCUT2D eigenvalue weighted by atomic mass is 19.4. The molecular formula is C21H25F3N4O3. The number of alkyl halides is 3. The summed E-state index contributed by atoms with van der Waals surface area (Å²) in [7, 11) is 0. The third-order valence-electron chi connectivity index (χ3n) is 5.64. The van der Waals surface area contributed by atoms with E-state index in [2.05, 4.69) is 4.57 Å². The number of carbonyl (C=O) groups is 1. The summed E-state index contributed by atoms with van der Waals surface area (Å²) in [6.45, 7) is 9.17. The molecule has 168 valence electrons. The average molecular weight is 438 g/mol. The maximum absolute atomic E-state index is 13.0. The zero-order chi connectivity index (χ0) is 23.1. The minimum atomic E-state index is -4.66. The monoisotopic (exact) mass is 438 g/mol. The molecule has 31 heavy (non-hydrogen) atoms. The van der Waals surface area contributed by atoms with Crippen molar-refractivity contribution in [3.05, 3.63) is 56.9 Å². The molecule has 1 aromatic carbocycles. The lowest BCUT2D eigenvalue weighted by Gasteiger charge is -2.36. The van der Waals surface area contributed by atoms with Crippen LogP contribution in [0.2, 0.25) is 0 Å². The number of aryl methyl sites for hydroxylation is 1. The van der Waals surface area contributed by atoms with Crippen molar-refractivity contribution in [1.29, 1.82) is 0 Å². The molecular weight excluding hydrogens is 413 g/mol. The van der Waals surface area contributed by atoms with E-state index in [9.17, 15) is 28.1 Å². The molecule has 0 saturated carbocycles. The van der Waals surface area contributed by atoms with Gasteiger partial charge < -0.3 is 14.4 Å². The van der Waals surface area contributed by atoms with Gasteiger partial charge in [0.2, 0.25) is 0 Å². The Labute approximate surface area is 178 Å². The molecule has 2 aromatic rings.